The molecule has 0 aliphatic carbocycles. The fourth-order valence-electron chi connectivity index (χ4n) is 2.10. The third-order valence-electron chi connectivity index (χ3n) is 3.19. The summed E-state index contributed by atoms with van der Waals surface area (Å²) in [6.45, 7) is 5.39. The Balaban J connectivity index is 1.88. The van der Waals surface area contributed by atoms with Gasteiger partial charge in [0.1, 0.15) is 12.4 Å². The number of nitrogens with two attached hydrogens (primary N) is 1. The van der Waals surface area contributed by atoms with E-state index >= 15 is 0 Å². The molecule has 0 amide bonds. The summed E-state index contributed by atoms with van der Waals surface area (Å²) in [6.07, 6.45) is 7.68. The molecule has 0 aromatic heterocycles. The maximum absolute atomic E-state index is 5.84. The third-order valence-corrected chi connectivity index (χ3v) is 3.19. The first-order valence-corrected chi connectivity index (χ1v) is 6.85. The number of nitrogens with zero attached hydrogens (tertiary/aromatic N) is 1. The largest absolute Gasteiger partial charge is 0.489 e. The second kappa shape index (κ2) is 7.00. The molecule has 0 fully saturated rings. The predicted octanol–water partition coefficient (Wildman–Crippen LogP) is 2.69. The van der Waals surface area contributed by atoms with Crippen molar-refractivity contribution in [2.75, 3.05) is 19.7 Å². The van der Waals surface area contributed by atoms with Gasteiger partial charge in [0.2, 0.25) is 0 Å². The lowest BCUT2D eigenvalue weighted by molar-refractivity contribution is 0.345. The highest BCUT2D eigenvalue weighted by atomic mass is 16.5. The zero-order valence-electron chi connectivity index (χ0n) is 11.5. The number of para-hydroxylation sites is 1. The molecule has 3 nitrogen and oxygen atoms in total. The van der Waals surface area contributed by atoms with Crippen LogP contribution >= 0.6 is 0 Å². The van der Waals surface area contributed by atoms with E-state index in [-0.39, 0.29) is 0 Å². The Kier molecular flexibility index (Phi) is 5.04. The molecule has 3 heteroatoms. The first kappa shape index (κ1) is 13.7. The lowest BCUT2D eigenvalue weighted by Gasteiger charge is -2.22. The SMILES string of the molecule is CCCN1C=CC(COc2ccccc2CN)=CC1. The van der Waals surface area contributed by atoms with Crippen LogP contribution in [0.15, 0.2) is 48.2 Å². The van der Waals surface area contributed by atoms with E-state index in [2.05, 4.69) is 30.2 Å². The maximum atomic E-state index is 5.84. The van der Waals surface area contributed by atoms with Crippen LogP contribution in [0.2, 0.25) is 0 Å². The van der Waals surface area contributed by atoms with Gasteiger partial charge in [0.15, 0.2) is 0 Å². The minimum absolute atomic E-state index is 0.509. The van der Waals surface area contributed by atoms with Crippen LogP contribution in [-0.4, -0.2) is 24.6 Å². The smallest absolute Gasteiger partial charge is 0.124 e. The molecule has 0 saturated carbocycles. The Morgan fingerprint density at radius 3 is 2.84 bits per heavy atom. The van der Waals surface area contributed by atoms with Gasteiger partial charge in [-0.15, -0.1) is 0 Å². The van der Waals surface area contributed by atoms with Crippen LogP contribution in [0.1, 0.15) is 18.9 Å². The van der Waals surface area contributed by atoms with Crippen molar-refractivity contribution in [3.8, 4) is 5.75 Å². The van der Waals surface area contributed by atoms with Crippen molar-refractivity contribution in [2.45, 2.75) is 19.9 Å². The van der Waals surface area contributed by atoms with Crippen molar-refractivity contribution in [3.63, 3.8) is 0 Å². The second-order valence-electron chi connectivity index (χ2n) is 4.69. The van der Waals surface area contributed by atoms with Crippen LogP contribution in [0, 0.1) is 0 Å². The molecule has 1 aliphatic rings. The summed E-state index contributed by atoms with van der Waals surface area (Å²) in [5, 5.41) is 0. The Bertz CT molecular complexity index is 466. The molecule has 1 aromatic carbocycles. The molecule has 0 radical (unpaired) electrons. The fraction of sp³-hybridized carbons (Fsp3) is 0.375. The van der Waals surface area contributed by atoms with Crippen LogP contribution < -0.4 is 10.5 Å². The fourth-order valence-corrected chi connectivity index (χ4v) is 2.10. The van der Waals surface area contributed by atoms with Crippen molar-refractivity contribution < 1.29 is 4.74 Å². The highest BCUT2D eigenvalue weighted by Gasteiger charge is 2.06. The standard InChI is InChI=1S/C16H22N2O/c1-2-9-18-10-7-14(8-11-18)13-19-16-6-4-3-5-15(16)12-17/h3-8,10H,2,9,11-13,17H2,1H3. The van der Waals surface area contributed by atoms with Gasteiger partial charge in [0.05, 0.1) is 0 Å². The van der Waals surface area contributed by atoms with E-state index in [0.29, 0.717) is 13.2 Å². The van der Waals surface area contributed by atoms with Gasteiger partial charge < -0.3 is 15.4 Å². The molecule has 1 aliphatic heterocycles. The van der Waals surface area contributed by atoms with Crippen LogP contribution in [-0.2, 0) is 6.54 Å². The third kappa shape index (κ3) is 3.86. The van der Waals surface area contributed by atoms with Gasteiger partial charge in [0.25, 0.3) is 0 Å². The molecule has 0 atom stereocenters. The van der Waals surface area contributed by atoms with E-state index in [1.165, 1.54) is 12.0 Å². The van der Waals surface area contributed by atoms with Crippen molar-refractivity contribution in [1.82, 2.24) is 4.90 Å². The zero-order valence-corrected chi connectivity index (χ0v) is 11.5. The molecule has 0 unspecified atom stereocenters. The topological polar surface area (TPSA) is 38.5 Å². The average Bonchev–Trinajstić information content (AvgIpc) is 2.47. The summed E-state index contributed by atoms with van der Waals surface area (Å²) in [4.78, 5) is 2.30. The van der Waals surface area contributed by atoms with Crippen LogP contribution in [0.25, 0.3) is 0 Å². The lowest BCUT2D eigenvalue weighted by Crippen LogP contribution is -2.21. The molecule has 2 N–H and O–H groups in total. The van der Waals surface area contributed by atoms with Gasteiger partial charge in [0, 0.05) is 25.2 Å². The first-order valence-electron chi connectivity index (χ1n) is 6.85. The molecule has 2 rings (SSSR count). The van der Waals surface area contributed by atoms with Gasteiger partial charge in [-0.05, 0) is 30.3 Å². The van der Waals surface area contributed by atoms with Crippen molar-refractivity contribution in [2.24, 2.45) is 5.73 Å². The van der Waals surface area contributed by atoms with Crippen molar-refractivity contribution in [1.29, 1.82) is 0 Å². The van der Waals surface area contributed by atoms with Gasteiger partial charge in [-0.1, -0.05) is 31.2 Å². The quantitative estimate of drug-likeness (QED) is 0.852. The number of benzene rings is 1. The summed E-state index contributed by atoms with van der Waals surface area (Å²) in [5.74, 6) is 0.885. The number of rotatable bonds is 6. The normalized spacial score (nSPS) is 14.4. The molecular weight excluding hydrogens is 236 g/mol. The molecular formula is C16H22N2O. The molecule has 1 aromatic rings. The highest BCUT2D eigenvalue weighted by molar-refractivity contribution is 5.34. The zero-order chi connectivity index (χ0) is 13.5. The summed E-state index contributed by atoms with van der Waals surface area (Å²) in [5.41, 5.74) is 7.97. The van der Waals surface area contributed by atoms with E-state index in [4.69, 9.17) is 10.5 Å². The first-order chi connectivity index (χ1) is 9.33. The van der Waals surface area contributed by atoms with E-state index in [1.54, 1.807) is 0 Å². The summed E-state index contributed by atoms with van der Waals surface area (Å²) < 4.78 is 5.84. The Hall–Kier alpha value is -1.74. The highest BCUT2D eigenvalue weighted by Crippen LogP contribution is 2.18. The molecule has 1 heterocycles. The molecule has 19 heavy (non-hydrogen) atoms. The van der Waals surface area contributed by atoms with Crippen LogP contribution in [0.3, 0.4) is 0 Å². The molecule has 0 saturated heterocycles. The van der Waals surface area contributed by atoms with Gasteiger partial charge >= 0.3 is 0 Å². The maximum Gasteiger partial charge on any atom is 0.124 e. The summed E-state index contributed by atoms with van der Waals surface area (Å²) >= 11 is 0. The molecule has 0 spiro atoms. The number of ether oxygens (including phenoxy) is 1. The summed E-state index contributed by atoms with van der Waals surface area (Å²) in [6, 6.07) is 7.93. The predicted molar refractivity (Wildman–Crippen MR) is 78.9 cm³/mol. The Morgan fingerprint density at radius 1 is 1.32 bits per heavy atom. The Morgan fingerprint density at radius 2 is 2.16 bits per heavy atom. The van der Waals surface area contributed by atoms with Crippen LogP contribution in [0.4, 0.5) is 0 Å². The number of hydrogen-bond acceptors (Lipinski definition) is 3. The van der Waals surface area contributed by atoms with E-state index < -0.39 is 0 Å². The molecule has 102 valence electrons. The van der Waals surface area contributed by atoms with Gasteiger partial charge in [-0.2, -0.15) is 0 Å². The monoisotopic (exact) mass is 258 g/mol. The van der Waals surface area contributed by atoms with E-state index in [9.17, 15) is 0 Å². The van der Waals surface area contributed by atoms with Crippen LogP contribution in [0.5, 0.6) is 5.75 Å². The summed E-state index contributed by atoms with van der Waals surface area (Å²) in [7, 11) is 0. The minimum atomic E-state index is 0.509. The number of hydrogen-bond donors (Lipinski definition) is 1. The Labute approximate surface area is 115 Å². The van der Waals surface area contributed by atoms with E-state index in [0.717, 1.165) is 24.4 Å². The van der Waals surface area contributed by atoms with Crippen molar-refractivity contribution in [3.05, 3.63) is 53.8 Å². The van der Waals surface area contributed by atoms with Crippen molar-refractivity contribution >= 4 is 0 Å². The van der Waals surface area contributed by atoms with E-state index in [1.807, 2.05) is 24.3 Å². The average molecular weight is 258 g/mol. The second-order valence-corrected chi connectivity index (χ2v) is 4.69. The molecule has 0 bridgehead atoms. The minimum Gasteiger partial charge on any atom is -0.489 e. The lowest BCUT2D eigenvalue weighted by atomic mass is 10.2. The van der Waals surface area contributed by atoms with Gasteiger partial charge in [-0.3, -0.25) is 0 Å². The van der Waals surface area contributed by atoms with Gasteiger partial charge in [-0.25, -0.2) is 0 Å².